The highest BCUT2D eigenvalue weighted by Crippen LogP contribution is 2.00. The van der Waals surface area contributed by atoms with Crippen LogP contribution in [0.2, 0.25) is 0 Å². The molecule has 0 bridgehead atoms. The van der Waals surface area contributed by atoms with Gasteiger partial charge in [0.25, 0.3) is 5.56 Å². The summed E-state index contributed by atoms with van der Waals surface area (Å²) in [5, 5.41) is -0.509. The Morgan fingerprint density at radius 2 is 1.88 bits per heavy atom. The van der Waals surface area contributed by atoms with Gasteiger partial charge in [-0.05, 0) is 13.8 Å². The summed E-state index contributed by atoms with van der Waals surface area (Å²) in [5.74, 6) is -0.205. The monoisotopic (exact) mass is 260 g/mol. The Labute approximate surface area is 99.4 Å². The Morgan fingerprint density at radius 1 is 1.29 bits per heavy atom. The minimum Gasteiger partial charge on any atom is -0.303 e. The van der Waals surface area contributed by atoms with Crippen molar-refractivity contribution in [1.82, 2.24) is 9.13 Å². The second-order valence-electron chi connectivity index (χ2n) is 4.11. The number of hydrogen-bond donors (Lipinski definition) is 0. The van der Waals surface area contributed by atoms with Crippen LogP contribution in [0, 0.1) is 0 Å². The summed E-state index contributed by atoms with van der Waals surface area (Å²) in [6, 6.07) is 1.24. The van der Waals surface area contributed by atoms with Crippen LogP contribution in [-0.2, 0) is 23.4 Å². The van der Waals surface area contributed by atoms with Crippen LogP contribution in [0.3, 0.4) is 0 Å². The van der Waals surface area contributed by atoms with Gasteiger partial charge in [0.05, 0.1) is 11.0 Å². The second kappa shape index (κ2) is 4.87. The molecule has 7 heteroatoms. The highest BCUT2D eigenvalue weighted by atomic mass is 32.2. The molecule has 1 rings (SSSR count). The predicted octanol–water partition coefficient (Wildman–Crippen LogP) is -0.630. The fourth-order valence-corrected chi connectivity index (χ4v) is 2.18. The number of rotatable bonds is 4. The van der Waals surface area contributed by atoms with E-state index in [1.165, 1.54) is 23.9 Å². The van der Waals surface area contributed by atoms with E-state index in [-0.39, 0.29) is 12.3 Å². The maximum atomic E-state index is 11.6. The molecule has 0 aromatic carbocycles. The third kappa shape index (κ3) is 3.06. The maximum Gasteiger partial charge on any atom is 0.330 e. The van der Waals surface area contributed by atoms with Gasteiger partial charge >= 0.3 is 5.69 Å². The quantitative estimate of drug-likeness (QED) is 0.722. The van der Waals surface area contributed by atoms with E-state index >= 15 is 0 Å². The van der Waals surface area contributed by atoms with Crippen molar-refractivity contribution >= 4 is 9.84 Å². The van der Waals surface area contributed by atoms with E-state index in [0.717, 1.165) is 4.57 Å². The van der Waals surface area contributed by atoms with E-state index in [4.69, 9.17) is 0 Å². The topological polar surface area (TPSA) is 78.1 Å². The number of aromatic nitrogens is 2. The number of nitrogens with zero attached hydrogens (tertiary/aromatic N) is 2. The molecule has 0 aliphatic carbocycles. The van der Waals surface area contributed by atoms with Crippen molar-refractivity contribution in [3.63, 3.8) is 0 Å². The van der Waals surface area contributed by atoms with E-state index in [0.29, 0.717) is 0 Å². The molecule has 0 aliphatic rings. The Hall–Kier alpha value is -1.37. The lowest BCUT2D eigenvalue weighted by atomic mass is 10.6. The first-order valence-corrected chi connectivity index (χ1v) is 6.95. The molecule has 96 valence electrons. The molecular formula is C10H16N2O4S. The van der Waals surface area contributed by atoms with Gasteiger partial charge in [-0.1, -0.05) is 0 Å². The molecule has 6 nitrogen and oxygen atoms in total. The summed E-state index contributed by atoms with van der Waals surface area (Å²) in [5.41, 5.74) is -0.983. The van der Waals surface area contributed by atoms with Gasteiger partial charge in [-0.25, -0.2) is 13.2 Å². The van der Waals surface area contributed by atoms with E-state index in [9.17, 15) is 18.0 Å². The van der Waals surface area contributed by atoms with Gasteiger partial charge in [0.1, 0.15) is 0 Å². The molecule has 0 aliphatic heterocycles. The minimum absolute atomic E-state index is 0.104. The normalized spacial score (nSPS) is 12.0. The second-order valence-corrected chi connectivity index (χ2v) is 6.79. The first kappa shape index (κ1) is 13.7. The SMILES string of the molecule is CC(C)S(=O)(=O)CCn1c(=O)ccn(C)c1=O. The molecular weight excluding hydrogens is 244 g/mol. The number of aryl methyl sites for hydroxylation is 1. The molecule has 0 amide bonds. The average molecular weight is 260 g/mol. The standard InChI is InChI=1S/C10H16N2O4S/c1-8(2)17(15,16)7-6-12-9(13)4-5-11(3)10(12)14/h4-5,8H,6-7H2,1-3H3. The van der Waals surface area contributed by atoms with Crippen molar-refractivity contribution in [1.29, 1.82) is 0 Å². The van der Waals surface area contributed by atoms with Crippen molar-refractivity contribution in [2.24, 2.45) is 7.05 Å². The van der Waals surface area contributed by atoms with Crippen LogP contribution in [0.15, 0.2) is 21.9 Å². The summed E-state index contributed by atoms with van der Waals surface area (Å²) in [6.07, 6.45) is 1.36. The van der Waals surface area contributed by atoms with E-state index in [1.54, 1.807) is 13.8 Å². The molecule has 0 fully saturated rings. The van der Waals surface area contributed by atoms with Crippen LogP contribution in [0.25, 0.3) is 0 Å². The fourth-order valence-electron chi connectivity index (χ4n) is 1.27. The van der Waals surface area contributed by atoms with Gasteiger partial charge in [-0.2, -0.15) is 0 Å². The predicted molar refractivity (Wildman–Crippen MR) is 64.9 cm³/mol. The Bertz CT molecular complexity index is 610. The fraction of sp³-hybridized carbons (Fsp3) is 0.600. The molecule has 1 heterocycles. The van der Waals surface area contributed by atoms with Crippen LogP contribution in [0.1, 0.15) is 13.8 Å². The van der Waals surface area contributed by atoms with Crippen molar-refractivity contribution in [2.45, 2.75) is 25.6 Å². The molecule has 1 aromatic heterocycles. The van der Waals surface area contributed by atoms with Gasteiger partial charge in [0, 0.05) is 25.9 Å². The zero-order valence-electron chi connectivity index (χ0n) is 10.1. The zero-order valence-corrected chi connectivity index (χ0v) is 10.9. The molecule has 17 heavy (non-hydrogen) atoms. The van der Waals surface area contributed by atoms with Gasteiger partial charge < -0.3 is 4.57 Å². The van der Waals surface area contributed by atoms with E-state index < -0.39 is 26.3 Å². The van der Waals surface area contributed by atoms with Crippen LogP contribution >= 0.6 is 0 Å². The summed E-state index contributed by atoms with van der Waals surface area (Å²) in [4.78, 5) is 23.0. The van der Waals surface area contributed by atoms with Crippen molar-refractivity contribution < 1.29 is 8.42 Å². The first-order valence-electron chi connectivity index (χ1n) is 5.24. The van der Waals surface area contributed by atoms with Crippen LogP contribution in [0.4, 0.5) is 0 Å². The number of sulfone groups is 1. The molecule has 0 atom stereocenters. The van der Waals surface area contributed by atoms with Gasteiger partial charge in [-0.3, -0.25) is 9.36 Å². The Balaban J connectivity index is 3.03. The van der Waals surface area contributed by atoms with Crippen LogP contribution in [-0.4, -0.2) is 28.6 Å². The molecule has 0 radical (unpaired) electrons. The average Bonchev–Trinajstić information content (AvgIpc) is 2.23. The third-order valence-corrected chi connectivity index (χ3v) is 4.75. The van der Waals surface area contributed by atoms with Gasteiger partial charge in [-0.15, -0.1) is 0 Å². The largest absolute Gasteiger partial charge is 0.330 e. The lowest BCUT2D eigenvalue weighted by Gasteiger charge is -2.09. The number of hydrogen-bond acceptors (Lipinski definition) is 4. The highest BCUT2D eigenvalue weighted by Gasteiger charge is 2.16. The molecule has 0 saturated carbocycles. The summed E-state index contributed by atoms with van der Waals surface area (Å²) in [6.45, 7) is 3.04. The summed E-state index contributed by atoms with van der Waals surface area (Å²) in [7, 11) is -1.74. The van der Waals surface area contributed by atoms with Gasteiger partial charge in [0.15, 0.2) is 9.84 Å². The highest BCUT2D eigenvalue weighted by molar-refractivity contribution is 7.91. The Kier molecular flexibility index (Phi) is 3.92. The molecule has 0 unspecified atom stereocenters. The van der Waals surface area contributed by atoms with Crippen molar-refractivity contribution in [2.75, 3.05) is 5.75 Å². The molecule has 0 spiro atoms. The van der Waals surface area contributed by atoms with Crippen LogP contribution < -0.4 is 11.2 Å². The Morgan fingerprint density at radius 3 is 2.41 bits per heavy atom. The van der Waals surface area contributed by atoms with Crippen LogP contribution in [0.5, 0.6) is 0 Å². The summed E-state index contributed by atoms with van der Waals surface area (Å²) < 4.78 is 25.3. The van der Waals surface area contributed by atoms with E-state index in [2.05, 4.69) is 0 Å². The molecule has 0 N–H and O–H groups in total. The minimum atomic E-state index is -3.25. The molecule has 0 saturated heterocycles. The third-order valence-electron chi connectivity index (χ3n) is 2.56. The first-order chi connectivity index (χ1) is 7.75. The lowest BCUT2D eigenvalue weighted by Crippen LogP contribution is -2.39. The van der Waals surface area contributed by atoms with Crippen molar-refractivity contribution in [3.05, 3.63) is 33.1 Å². The van der Waals surface area contributed by atoms with Gasteiger partial charge in [0.2, 0.25) is 0 Å². The van der Waals surface area contributed by atoms with Crippen molar-refractivity contribution in [3.8, 4) is 0 Å². The summed E-state index contributed by atoms with van der Waals surface area (Å²) >= 11 is 0. The lowest BCUT2D eigenvalue weighted by molar-refractivity contribution is 0.569. The van der Waals surface area contributed by atoms with E-state index in [1.807, 2.05) is 0 Å². The maximum absolute atomic E-state index is 11.6. The zero-order chi connectivity index (χ0) is 13.2. The smallest absolute Gasteiger partial charge is 0.303 e. The molecule has 1 aromatic rings.